The van der Waals surface area contributed by atoms with Gasteiger partial charge in [-0.3, -0.25) is 0 Å². The lowest BCUT2D eigenvalue weighted by molar-refractivity contribution is 0.238. The van der Waals surface area contributed by atoms with Gasteiger partial charge in [0, 0.05) is 17.1 Å². The van der Waals surface area contributed by atoms with E-state index < -0.39 is 0 Å². The molecule has 3 heteroatoms. The number of hydrogen-bond donors (Lipinski definition) is 1. The summed E-state index contributed by atoms with van der Waals surface area (Å²) in [5.74, 6) is 1.47. The average molecular weight is 242 g/mol. The molecule has 0 bridgehead atoms. The van der Waals surface area contributed by atoms with Crippen LogP contribution in [0, 0.1) is 5.92 Å². The van der Waals surface area contributed by atoms with Crippen molar-refractivity contribution in [2.75, 3.05) is 6.61 Å². The zero-order valence-corrected chi connectivity index (χ0v) is 10.8. The van der Waals surface area contributed by atoms with Crippen LogP contribution in [0.4, 0.5) is 0 Å². The van der Waals surface area contributed by atoms with Gasteiger partial charge in [-0.2, -0.15) is 0 Å². The smallest absolute Gasteiger partial charge is 0.123 e. The summed E-state index contributed by atoms with van der Waals surface area (Å²) in [5.41, 5.74) is 6.62. The predicted molar refractivity (Wildman–Crippen MR) is 68.9 cm³/mol. The number of halogens is 1. The zero-order valence-electron chi connectivity index (χ0n) is 10.0. The third-order valence-electron chi connectivity index (χ3n) is 2.87. The van der Waals surface area contributed by atoms with Gasteiger partial charge in [0.05, 0.1) is 6.61 Å². The van der Waals surface area contributed by atoms with Crippen LogP contribution in [0.3, 0.4) is 0 Å². The fraction of sp³-hybridized carbons (Fsp3) is 0.538. The summed E-state index contributed by atoms with van der Waals surface area (Å²) in [6, 6.07) is 5.60. The summed E-state index contributed by atoms with van der Waals surface area (Å²) in [7, 11) is 0. The molecule has 0 aromatic heterocycles. The van der Waals surface area contributed by atoms with Gasteiger partial charge < -0.3 is 10.5 Å². The first-order valence-electron chi connectivity index (χ1n) is 5.82. The summed E-state index contributed by atoms with van der Waals surface area (Å²) in [5, 5.41) is 0.704. The molecule has 1 aromatic carbocycles. The first-order chi connectivity index (χ1) is 7.71. The molecule has 2 nitrogen and oxygen atoms in total. The lowest BCUT2D eigenvalue weighted by Gasteiger charge is -2.16. The number of hydrogen-bond acceptors (Lipinski definition) is 2. The third-order valence-corrected chi connectivity index (χ3v) is 3.11. The van der Waals surface area contributed by atoms with Crippen molar-refractivity contribution in [2.45, 2.75) is 33.2 Å². The van der Waals surface area contributed by atoms with Crippen LogP contribution in [0.5, 0.6) is 5.75 Å². The summed E-state index contributed by atoms with van der Waals surface area (Å²) in [6.45, 7) is 5.58. The van der Waals surface area contributed by atoms with E-state index in [-0.39, 0.29) is 0 Å². The molecule has 0 aliphatic rings. The molecular weight excluding hydrogens is 222 g/mol. The van der Waals surface area contributed by atoms with Crippen molar-refractivity contribution >= 4 is 11.6 Å². The van der Waals surface area contributed by atoms with Crippen LogP contribution in [0.2, 0.25) is 5.02 Å². The highest BCUT2D eigenvalue weighted by atomic mass is 35.5. The van der Waals surface area contributed by atoms with E-state index in [1.165, 1.54) is 0 Å². The summed E-state index contributed by atoms with van der Waals surface area (Å²) >= 11 is 5.90. The van der Waals surface area contributed by atoms with Gasteiger partial charge in [0.2, 0.25) is 0 Å². The Bertz CT molecular complexity index is 324. The van der Waals surface area contributed by atoms with Crippen LogP contribution in [-0.4, -0.2) is 6.61 Å². The molecule has 0 atom stereocenters. The average Bonchev–Trinajstić information content (AvgIpc) is 2.31. The molecule has 2 N–H and O–H groups in total. The maximum atomic E-state index is 5.90. The van der Waals surface area contributed by atoms with Crippen LogP contribution in [0.15, 0.2) is 18.2 Å². The maximum absolute atomic E-state index is 5.90. The van der Waals surface area contributed by atoms with Gasteiger partial charge in [-0.05, 0) is 24.1 Å². The molecule has 0 saturated heterocycles. The highest BCUT2D eigenvalue weighted by Crippen LogP contribution is 2.23. The van der Waals surface area contributed by atoms with Crippen LogP contribution < -0.4 is 10.5 Å². The first kappa shape index (κ1) is 13.3. The molecule has 0 amide bonds. The molecule has 16 heavy (non-hydrogen) atoms. The Morgan fingerprint density at radius 2 is 2.00 bits per heavy atom. The molecule has 1 aromatic rings. The van der Waals surface area contributed by atoms with E-state index >= 15 is 0 Å². The van der Waals surface area contributed by atoms with Crippen molar-refractivity contribution < 1.29 is 4.74 Å². The minimum atomic E-state index is 0.457. The number of nitrogens with two attached hydrogens (primary N) is 1. The van der Waals surface area contributed by atoms with Crippen molar-refractivity contribution in [3.05, 3.63) is 28.8 Å². The minimum Gasteiger partial charge on any atom is -0.493 e. The summed E-state index contributed by atoms with van der Waals surface area (Å²) in [6.07, 6.45) is 2.28. The third kappa shape index (κ3) is 3.69. The highest BCUT2D eigenvalue weighted by molar-refractivity contribution is 6.30. The van der Waals surface area contributed by atoms with Crippen LogP contribution >= 0.6 is 11.6 Å². The fourth-order valence-corrected chi connectivity index (χ4v) is 1.78. The zero-order chi connectivity index (χ0) is 12.0. The van der Waals surface area contributed by atoms with Crippen molar-refractivity contribution in [2.24, 2.45) is 11.7 Å². The van der Waals surface area contributed by atoms with E-state index in [1.807, 2.05) is 18.2 Å². The van der Waals surface area contributed by atoms with Crippen LogP contribution in [0.25, 0.3) is 0 Å². The van der Waals surface area contributed by atoms with E-state index in [4.69, 9.17) is 22.1 Å². The largest absolute Gasteiger partial charge is 0.493 e. The quantitative estimate of drug-likeness (QED) is 0.826. The molecule has 0 radical (unpaired) electrons. The van der Waals surface area contributed by atoms with Gasteiger partial charge in [-0.15, -0.1) is 0 Å². The maximum Gasteiger partial charge on any atom is 0.123 e. The second kappa shape index (κ2) is 6.77. The van der Waals surface area contributed by atoms with Gasteiger partial charge in [0.25, 0.3) is 0 Å². The summed E-state index contributed by atoms with van der Waals surface area (Å²) in [4.78, 5) is 0. The van der Waals surface area contributed by atoms with E-state index in [0.29, 0.717) is 17.5 Å². The van der Waals surface area contributed by atoms with Crippen molar-refractivity contribution in [3.8, 4) is 5.75 Å². The Morgan fingerprint density at radius 1 is 1.31 bits per heavy atom. The van der Waals surface area contributed by atoms with E-state index in [1.54, 1.807) is 0 Å². The van der Waals surface area contributed by atoms with Gasteiger partial charge >= 0.3 is 0 Å². The van der Waals surface area contributed by atoms with E-state index in [2.05, 4.69) is 13.8 Å². The summed E-state index contributed by atoms with van der Waals surface area (Å²) < 4.78 is 5.79. The van der Waals surface area contributed by atoms with Gasteiger partial charge in [-0.1, -0.05) is 38.3 Å². The molecule has 90 valence electrons. The SMILES string of the molecule is CCC(CC)COc1ccc(Cl)cc1CN. The molecule has 0 aliphatic heterocycles. The molecule has 0 saturated carbocycles. The first-order valence-corrected chi connectivity index (χ1v) is 6.20. The Labute approximate surface area is 103 Å². The Hall–Kier alpha value is -0.730. The van der Waals surface area contributed by atoms with Crippen molar-refractivity contribution in [3.63, 3.8) is 0 Å². The highest BCUT2D eigenvalue weighted by Gasteiger charge is 2.07. The molecular formula is C13H20ClNO. The lowest BCUT2D eigenvalue weighted by Crippen LogP contribution is -2.11. The lowest BCUT2D eigenvalue weighted by atomic mass is 10.1. The minimum absolute atomic E-state index is 0.457. The number of rotatable bonds is 6. The second-order valence-corrected chi connectivity index (χ2v) is 4.39. The van der Waals surface area contributed by atoms with E-state index in [9.17, 15) is 0 Å². The molecule has 1 rings (SSSR count). The van der Waals surface area contributed by atoms with Crippen LogP contribution in [-0.2, 0) is 6.54 Å². The second-order valence-electron chi connectivity index (χ2n) is 3.95. The van der Waals surface area contributed by atoms with Gasteiger partial charge in [0.1, 0.15) is 5.75 Å². The molecule has 0 heterocycles. The topological polar surface area (TPSA) is 35.2 Å². The van der Waals surface area contributed by atoms with Crippen molar-refractivity contribution in [1.29, 1.82) is 0 Å². The van der Waals surface area contributed by atoms with Crippen molar-refractivity contribution in [1.82, 2.24) is 0 Å². The van der Waals surface area contributed by atoms with E-state index in [0.717, 1.165) is 30.8 Å². The normalized spacial score (nSPS) is 10.8. The van der Waals surface area contributed by atoms with Crippen LogP contribution in [0.1, 0.15) is 32.3 Å². The Morgan fingerprint density at radius 3 is 2.56 bits per heavy atom. The molecule has 0 spiro atoms. The number of ether oxygens (including phenoxy) is 1. The van der Waals surface area contributed by atoms with Gasteiger partial charge in [0.15, 0.2) is 0 Å². The Balaban J connectivity index is 2.65. The fourth-order valence-electron chi connectivity index (χ4n) is 1.58. The Kier molecular flexibility index (Phi) is 5.64. The van der Waals surface area contributed by atoms with Gasteiger partial charge in [-0.25, -0.2) is 0 Å². The monoisotopic (exact) mass is 241 g/mol. The standard InChI is InChI=1S/C13H20ClNO/c1-3-10(4-2)9-16-13-6-5-12(14)7-11(13)8-15/h5-7,10H,3-4,8-9,15H2,1-2H3. The number of benzene rings is 1. The predicted octanol–water partition coefficient (Wildman–Crippen LogP) is 3.61. The molecule has 0 aliphatic carbocycles. The molecule has 0 unspecified atom stereocenters. The molecule has 0 fully saturated rings.